The van der Waals surface area contributed by atoms with Gasteiger partial charge in [0.1, 0.15) is 15.9 Å². The van der Waals surface area contributed by atoms with Gasteiger partial charge in [0.15, 0.2) is 0 Å². The Kier molecular flexibility index (Phi) is 13.2. The Morgan fingerprint density at radius 1 is 0.608 bits per heavy atom. The Hall–Kier alpha value is -3.68. The van der Waals surface area contributed by atoms with Crippen LogP contribution in [0.15, 0.2) is 164 Å². The molecule has 51 heavy (non-hydrogen) atoms. The van der Waals surface area contributed by atoms with Crippen molar-refractivity contribution in [2.75, 3.05) is 18.0 Å². The first-order valence-corrected chi connectivity index (χ1v) is 23.9. The van der Waals surface area contributed by atoms with Crippen molar-refractivity contribution in [3.8, 4) is 0 Å². The second kappa shape index (κ2) is 18.2. The van der Waals surface area contributed by atoms with Gasteiger partial charge in [0.25, 0.3) is 0 Å². The van der Waals surface area contributed by atoms with Crippen molar-refractivity contribution in [1.82, 2.24) is 5.32 Å². The summed E-state index contributed by atoms with van der Waals surface area (Å²) in [7, 11) is 11.5. The van der Waals surface area contributed by atoms with E-state index in [1.54, 1.807) is 0 Å². The second-order valence-electron chi connectivity index (χ2n) is 12.5. The van der Waals surface area contributed by atoms with Gasteiger partial charge >= 0.3 is 120 Å². The van der Waals surface area contributed by atoms with Crippen LogP contribution in [-0.2, 0) is 13.5 Å². The summed E-state index contributed by atoms with van der Waals surface area (Å²) in [6.07, 6.45) is 2.15. The van der Waals surface area contributed by atoms with Crippen molar-refractivity contribution < 1.29 is 13.5 Å². The molecule has 1 N–H and O–H groups in total. The molecule has 0 spiro atoms. The van der Waals surface area contributed by atoms with Crippen LogP contribution in [0.1, 0.15) is 33.4 Å². The fourth-order valence-electron chi connectivity index (χ4n) is 6.71. The van der Waals surface area contributed by atoms with Crippen molar-refractivity contribution in [1.29, 1.82) is 0 Å². The SMILES string of the molecule is Cc1cc(C)c(N2[CH-]NCC2)c(C)c1.[Cl][Ru]([Cl])=[C]1C=C(c2ccccc2)c2ccccc21.c1ccc([PH+](c2ccccc2)c2ccccc2)cc1. The standard InChI is InChI=1S/C18H15P.C15H10.C12H17N2.2ClH.Ru/c1-4-10-16(11-5-1)19(17-12-6-2-7-13-17)18-14-8-3-9-15-18;1-2-6-12(7-3-1)15-11-10-13-8-4-5-9-14(13)15;1-9-6-10(2)12(11(3)7-9)14-5-4-13-8-14;;;/h1-15H;1-9,11H;6-8,13H,4-5H2,1-3H3;2*1H;/q;;-1;;;+2/p-1. The minimum Gasteiger partial charge on any atom is -0.0620 e. The zero-order chi connectivity index (χ0) is 35.6. The van der Waals surface area contributed by atoms with Crippen molar-refractivity contribution in [2.24, 2.45) is 0 Å². The molecule has 1 fully saturated rings. The van der Waals surface area contributed by atoms with Gasteiger partial charge in [-0.05, 0) is 81.4 Å². The Morgan fingerprint density at radius 3 is 1.51 bits per heavy atom. The minimum absolute atomic E-state index is 0.877. The summed E-state index contributed by atoms with van der Waals surface area (Å²) < 4.78 is 1.12. The number of anilines is 1. The van der Waals surface area contributed by atoms with Crippen LogP contribution in [0, 0.1) is 27.4 Å². The number of aryl methyl sites for hydroxylation is 3. The number of allylic oxidation sites excluding steroid dienone is 1. The Bertz CT molecular complexity index is 1980. The van der Waals surface area contributed by atoms with Gasteiger partial charge in [-0.2, -0.15) is 6.67 Å². The van der Waals surface area contributed by atoms with Gasteiger partial charge in [-0.25, -0.2) is 0 Å². The number of hydrogen-bond donors (Lipinski definition) is 1. The Labute approximate surface area is 318 Å². The third-order valence-electron chi connectivity index (χ3n) is 8.82. The van der Waals surface area contributed by atoms with Crippen molar-refractivity contribution in [2.45, 2.75) is 20.8 Å². The number of benzene rings is 6. The summed E-state index contributed by atoms with van der Waals surface area (Å²) in [5, 5.41) is 7.55. The number of hydrogen-bond acceptors (Lipinski definition) is 2. The first-order chi connectivity index (χ1) is 24.9. The molecule has 6 aromatic rings. The van der Waals surface area contributed by atoms with E-state index in [1.807, 2.05) is 24.3 Å². The molecule has 1 aliphatic heterocycles. The van der Waals surface area contributed by atoms with Crippen LogP contribution in [0.5, 0.6) is 0 Å². The molecule has 0 radical (unpaired) electrons. The number of nitrogens with zero attached hydrogens (tertiary/aromatic N) is 1. The van der Waals surface area contributed by atoms with E-state index < -0.39 is 21.4 Å². The van der Waals surface area contributed by atoms with Crippen LogP contribution in [-0.4, -0.2) is 17.2 Å². The van der Waals surface area contributed by atoms with Gasteiger partial charge in [0.2, 0.25) is 0 Å². The predicted octanol–water partition coefficient (Wildman–Crippen LogP) is 9.90. The third-order valence-corrected chi connectivity index (χ3v) is 14.7. The molecule has 260 valence electrons. The van der Waals surface area contributed by atoms with Crippen LogP contribution in [0.3, 0.4) is 0 Å². The summed E-state index contributed by atoms with van der Waals surface area (Å²) in [4.78, 5) is 2.30. The van der Waals surface area contributed by atoms with E-state index >= 15 is 0 Å². The molecule has 0 bridgehead atoms. The zero-order valence-electron chi connectivity index (χ0n) is 29.1. The molecule has 2 nitrogen and oxygen atoms in total. The van der Waals surface area contributed by atoms with Crippen LogP contribution < -0.4 is 26.1 Å². The largest absolute Gasteiger partial charge is 0.102 e. The van der Waals surface area contributed by atoms with Crippen molar-refractivity contribution in [3.05, 3.63) is 204 Å². The second-order valence-corrected chi connectivity index (χ2v) is 20.8. The van der Waals surface area contributed by atoms with E-state index in [2.05, 4.69) is 177 Å². The number of halogens is 2. The van der Waals surface area contributed by atoms with Gasteiger partial charge in [0.05, 0.1) is 7.92 Å². The molecule has 8 rings (SSSR count). The van der Waals surface area contributed by atoms with E-state index in [0.29, 0.717) is 0 Å². The normalized spacial score (nSPS) is 13.5. The third kappa shape index (κ3) is 9.41. The number of rotatable bonds is 5. The predicted molar refractivity (Wildman–Crippen MR) is 223 cm³/mol. The summed E-state index contributed by atoms with van der Waals surface area (Å²) in [6, 6.07) is 55.7. The maximum Gasteiger partial charge on any atom is 0.102 e. The van der Waals surface area contributed by atoms with E-state index in [9.17, 15) is 0 Å². The molecule has 0 saturated carbocycles. The summed E-state index contributed by atoms with van der Waals surface area (Å²) in [6.45, 7) is 10.7. The molecule has 6 aromatic carbocycles. The van der Waals surface area contributed by atoms with Crippen LogP contribution in [0.25, 0.3) is 5.57 Å². The monoisotopic (exact) mass is 814 g/mol. The summed E-state index contributed by atoms with van der Waals surface area (Å²) in [5.41, 5.74) is 10.3. The van der Waals surface area contributed by atoms with Crippen LogP contribution in [0.2, 0.25) is 0 Å². The van der Waals surface area contributed by atoms with Crippen LogP contribution in [0.4, 0.5) is 5.69 Å². The maximum atomic E-state index is 6.19. The van der Waals surface area contributed by atoms with Gasteiger partial charge in [-0.15, -0.1) is 0 Å². The molecule has 1 saturated heterocycles. The topological polar surface area (TPSA) is 15.3 Å². The number of nitrogens with one attached hydrogen (secondary N) is 1. The molecule has 0 amide bonds. The van der Waals surface area contributed by atoms with Crippen LogP contribution >= 0.6 is 27.3 Å². The molecule has 2 aliphatic rings. The average molecular weight is 815 g/mol. The molecular formula is C45H43Cl2N2PRu. The summed E-state index contributed by atoms with van der Waals surface area (Å²) in [5.74, 6) is 0. The van der Waals surface area contributed by atoms with Crippen molar-refractivity contribution in [3.63, 3.8) is 0 Å². The quantitative estimate of drug-likeness (QED) is 0.106. The van der Waals surface area contributed by atoms with Gasteiger partial charge in [-0.3, -0.25) is 0 Å². The molecular weight excluding hydrogens is 771 g/mol. The van der Waals surface area contributed by atoms with Gasteiger partial charge in [0, 0.05) is 5.69 Å². The van der Waals surface area contributed by atoms with Gasteiger partial charge < -0.3 is 10.2 Å². The number of fused-ring (bicyclic) bond motifs is 1. The molecule has 6 heteroatoms. The van der Waals surface area contributed by atoms with E-state index in [0.717, 1.165) is 17.2 Å². The Balaban J connectivity index is 0.000000133. The Morgan fingerprint density at radius 2 is 1.06 bits per heavy atom. The smallest absolute Gasteiger partial charge is 0.0620 e. The molecule has 0 unspecified atom stereocenters. The fraction of sp³-hybridized carbons (Fsp3) is 0.111. The first kappa shape index (κ1) is 37.1. The van der Waals surface area contributed by atoms with Crippen molar-refractivity contribution >= 4 is 58.6 Å². The van der Waals surface area contributed by atoms with Gasteiger partial charge in [-0.1, -0.05) is 72.3 Å². The molecule has 1 heterocycles. The molecule has 1 aliphatic carbocycles. The van der Waals surface area contributed by atoms with E-state index in [-0.39, 0.29) is 0 Å². The average Bonchev–Trinajstić information content (AvgIpc) is 3.83. The minimum atomic E-state index is -1.88. The summed E-state index contributed by atoms with van der Waals surface area (Å²) >= 11 is -1.88. The first-order valence-electron chi connectivity index (χ1n) is 17.1. The fourth-order valence-corrected chi connectivity index (χ4v) is 11.8. The van der Waals surface area contributed by atoms with E-state index in [1.165, 1.54) is 60.6 Å². The maximum absolute atomic E-state index is 6.19. The molecule has 0 aromatic heterocycles. The van der Waals surface area contributed by atoms with E-state index in [4.69, 9.17) is 19.4 Å². The molecule has 0 atom stereocenters. The zero-order valence-corrected chi connectivity index (χ0v) is 33.4.